The van der Waals surface area contributed by atoms with Crippen LogP contribution in [-0.2, 0) is 4.74 Å². The van der Waals surface area contributed by atoms with Crippen LogP contribution in [0.15, 0.2) is 22.9 Å². The molecule has 0 aliphatic heterocycles. The van der Waals surface area contributed by atoms with Gasteiger partial charge in [0.25, 0.3) is 6.43 Å². The topological polar surface area (TPSA) is 69.9 Å². The van der Waals surface area contributed by atoms with E-state index in [0.29, 0.717) is 4.47 Å². The third-order valence-electron chi connectivity index (χ3n) is 2.17. The first kappa shape index (κ1) is 13.5. The maximum atomic E-state index is 12.9. The molecule has 0 aliphatic carbocycles. The summed E-state index contributed by atoms with van der Waals surface area (Å²) in [6.45, 7) is 0. The van der Waals surface area contributed by atoms with E-state index in [1.54, 1.807) is 0 Å². The van der Waals surface area contributed by atoms with Crippen LogP contribution in [0.5, 0.6) is 0 Å². The predicted molar refractivity (Wildman–Crippen MR) is 63.2 cm³/mol. The van der Waals surface area contributed by atoms with Gasteiger partial charge in [0, 0.05) is 10.7 Å². The van der Waals surface area contributed by atoms with Gasteiger partial charge < -0.3 is 4.74 Å². The first-order valence-electron chi connectivity index (χ1n) is 4.97. The Balaban J connectivity index is 2.47. The first-order chi connectivity index (χ1) is 9.02. The number of hydrogen-bond acceptors (Lipinski definition) is 5. The van der Waals surface area contributed by atoms with Gasteiger partial charge in [0.05, 0.1) is 18.9 Å². The number of hydrogen-bond donors (Lipinski definition) is 0. The van der Waals surface area contributed by atoms with Crippen LogP contribution < -0.4 is 0 Å². The molecule has 6 nitrogen and oxygen atoms in total. The highest BCUT2D eigenvalue weighted by Gasteiger charge is 2.19. The quantitative estimate of drug-likeness (QED) is 0.805. The number of esters is 1. The molecule has 0 N–H and O–H groups in total. The minimum Gasteiger partial charge on any atom is -0.464 e. The third-order valence-corrected chi connectivity index (χ3v) is 2.61. The minimum atomic E-state index is -2.74. The number of carbonyl (C=O) groups excluding carboxylic acids is 1. The van der Waals surface area contributed by atoms with Gasteiger partial charge in [-0.3, -0.25) is 0 Å². The highest BCUT2D eigenvalue weighted by molar-refractivity contribution is 9.10. The molecule has 100 valence electrons. The van der Waals surface area contributed by atoms with Crippen LogP contribution in [-0.4, -0.2) is 33.1 Å². The summed E-state index contributed by atoms with van der Waals surface area (Å²) in [5.74, 6) is -0.852. The summed E-state index contributed by atoms with van der Waals surface area (Å²) >= 11 is 3.06. The Hall–Kier alpha value is -1.90. The SMILES string of the molecule is COC(=O)c1cnn(-c2ncc(Br)cc2C(F)F)n1. The fraction of sp³-hybridized carbons (Fsp3) is 0.200. The summed E-state index contributed by atoms with van der Waals surface area (Å²) in [4.78, 5) is 15.9. The zero-order chi connectivity index (χ0) is 14.0. The van der Waals surface area contributed by atoms with E-state index in [-0.39, 0.29) is 17.1 Å². The Labute approximate surface area is 114 Å². The standard InChI is InChI=1S/C10H7BrF2N4O2/c1-19-10(18)7-4-15-17(16-7)9-6(8(12)13)2-5(11)3-14-9/h2-4,8H,1H3. The van der Waals surface area contributed by atoms with Crippen molar-refractivity contribution in [1.29, 1.82) is 0 Å². The molecule has 19 heavy (non-hydrogen) atoms. The van der Waals surface area contributed by atoms with Crippen molar-refractivity contribution in [3.05, 3.63) is 34.2 Å². The Bertz CT molecular complexity index is 617. The average molecular weight is 333 g/mol. The second-order valence-electron chi connectivity index (χ2n) is 3.38. The zero-order valence-electron chi connectivity index (χ0n) is 9.55. The molecule has 0 fully saturated rings. The lowest BCUT2D eigenvalue weighted by Crippen LogP contribution is -2.08. The molecule has 0 amide bonds. The van der Waals surface area contributed by atoms with Crippen molar-refractivity contribution < 1.29 is 18.3 Å². The third kappa shape index (κ3) is 2.75. The van der Waals surface area contributed by atoms with Crippen molar-refractivity contribution in [1.82, 2.24) is 20.0 Å². The molecule has 0 saturated heterocycles. The van der Waals surface area contributed by atoms with Crippen molar-refractivity contribution in [2.75, 3.05) is 7.11 Å². The second kappa shape index (κ2) is 5.39. The summed E-state index contributed by atoms with van der Waals surface area (Å²) in [7, 11) is 1.18. The Morgan fingerprint density at radius 1 is 1.47 bits per heavy atom. The maximum Gasteiger partial charge on any atom is 0.360 e. The fourth-order valence-electron chi connectivity index (χ4n) is 1.34. The Morgan fingerprint density at radius 2 is 2.21 bits per heavy atom. The second-order valence-corrected chi connectivity index (χ2v) is 4.29. The van der Waals surface area contributed by atoms with E-state index in [0.717, 1.165) is 11.0 Å². The number of methoxy groups -OCH3 is 1. The summed E-state index contributed by atoms with van der Waals surface area (Å²) < 4.78 is 30.7. The lowest BCUT2D eigenvalue weighted by molar-refractivity contribution is 0.0593. The Kier molecular flexibility index (Phi) is 3.84. The van der Waals surface area contributed by atoms with Gasteiger partial charge in [-0.1, -0.05) is 0 Å². The Morgan fingerprint density at radius 3 is 2.84 bits per heavy atom. The van der Waals surface area contributed by atoms with E-state index >= 15 is 0 Å². The van der Waals surface area contributed by atoms with E-state index in [1.807, 2.05) is 0 Å². The summed E-state index contributed by atoms with van der Waals surface area (Å²) in [5.41, 5.74) is -0.436. The van der Waals surface area contributed by atoms with Crippen LogP contribution in [0.3, 0.4) is 0 Å². The van der Waals surface area contributed by atoms with Gasteiger partial charge in [-0.15, -0.1) is 9.90 Å². The molecule has 2 rings (SSSR count). The largest absolute Gasteiger partial charge is 0.464 e. The number of ether oxygens (including phenoxy) is 1. The molecule has 2 aromatic rings. The van der Waals surface area contributed by atoms with E-state index in [1.165, 1.54) is 19.4 Å². The monoisotopic (exact) mass is 332 g/mol. The highest BCUT2D eigenvalue weighted by atomic mass is 79.9. The van der Waals surface area contributed by atoms with Crippen LogP contribution in [0.25, 0.3) is 5.82 Å². The number of rotatable bonds is 3. The highest BCUT2D eigenvalue weighted by Crippen LogP contribution is 2.26. The van der Waals surface area contributed by atoms with Gasteiger partial charge in [0.1, 0.15) is 0 Å². The van der Waals surface area contributed by atoms with Gasteiger partial charge in [-0.2, -0.15) is 5.10 Å². The molecule has 2 aromatic heterocycles. The van der Waals surface area contributed by atoms with E-state index in [9.17, 15) is 13.6 Å². The molecule has 9 heteroatoms. The molecule has 0 spiro atoms. The van der Waals surface area contributed by atoms with Crippen molar-refractivity contribution in [3.63, 3.8) is 0 Å². The van der Waals surface area contributed by atoms with Crippen LogP contribution in [0.4, 0.5) is 8.78 Å². The smallest absolute Gasteiger partial charge is 0.360 e. The van der Waals surface area contributed by atoms with Crippen molar-refractivity contribution in [3.8, 4) is 5.82 Å². The number of carbonyl (C=O) groups is 1. The van der Waals surface area contributed by atoms with Crippen LogP contribution in [0.2, 0.25) is 0 Å². The van der Waals surface area contributed by atoms with E-state index < -0.39 is 12.4 Å². The van der Waals surface area contributed by atoms with Gasteiger partial charge in [0.15, 0.2) is 11.5 Å². The van der Waals surface area contributed by atoms with Gasteiger partial charge in [-0.25, -0.2) is 18.6 Å². The molecular weight excluding hydrogens is 326 g/mol. The molecular formula is C10H7BrF2N4O2. The van der Waals surface area contributed by atoms with Crippen LogP contribution in [0.1, 0.15) is 22.5 Å². The maximum absolute atomic E-state index is 12.9. The molecule has 0 bridgehead atoms. The van der Waals surface area contributed by atoms with Crippen molar-refractivity contribution >= 4 is 21.9 Å². The molecule has 0 aliphatic rings. The van der Waals surface area contributed by atoms with Gasteiger partial charge in [-0.05, 0) is 22.0 Å². The fourth-order valence-corrected chi connectivity index (χ4v) is 1.69. The number of pyridine rings is 1. The number of aromatic nitrogens is 4. The molecule has 0 aromatic carbocycles. The molecule has 0 radical (unpaired) electrons. The van der Waals surface area contributed by atoms with Gasteiger partial charge in [0.2, 0.25) is 0 Å². The van der Waals surface area contributed by atoms with Gasteiger partial charge >= 0.3 is 5.97 Å². The average Bonchev–Trinajstić information content (AvgIpc) is 2.87. The zero-order valence-corrected chi connectivity index (χ0v) is 11.1. The number of halogens is 3. The molecule has 0 saturated carbocycles. The summed E-state index contributed by atoms with van der Waals surface area (Å²) in [5, 5.41) is 7.47. The van der Waals surface area contributed by atoms with Crippen LogP contribution >= 0.6 is 15.9 Å². The molecule has 0 unspecified atom stereocenters. The normalized spacial score (nSPS) is 10.8. The van der Waals surface area contributed by atoms with Crippen molar-refractivity contribution in [2.45, 2.75) is 6.43 Å². The van der Waals surface area contributed by atoms with Crippen molar-refractivity contribution in [2.24, 2.45) is 0 Å². The van der Waals surface area contributed by atoms with E-state index in [2.05, 4.69) is 35.8 Å². The first-order valence-corrected chi connectivity index (χ1v) is 5.77. The lowest BCUT2D eigenvalue weighted by Gasteiger charge is -2.06. The minimum absolute atomic E-state index is 0.0903. The summed E-state index contributed by atoms with van der Waals surface area (Å²) in [6.07, 6.45) is -0.291. The van der Waals surface area contributed by atoms with Crippen LogP contribution in [0, 0.1) is 0 Å². The summed E-state index contributed by atoms with van der Waals surface area (Å²) in [6, 6.07) is 1.22. The number of alkyl halides is 2. The molecule has 0 atom stereocenters. The lowest BCUT2D eigenvalue weighted by atomic mass is 10.3. The van der Waals surface area contributed by atoms with E-state index in [4.69, 9.17) is 0 Å². The predicted octanol–water partition coefficient (Wildman–Crippen LogP) is 2.15. The number of nitrogens with zero attached hydrogens (tertiary/aromatic N) is 4. The molecule has 2 heterocycles.